The fourth-order valence-electron chi connectivity index (χ4n) is 2.29. The maximum absolute atomic E-state index is 5.90. The van der Waals surface area contributed by atoms with Gasteiger partial charge in [-0.25, -0.2) is 9.97 Å². The minimum Gasteiger partial charge on any atom is -0.440 e. The second kappa shape index (κ2) is 7.13. The van der Waals surface area contributed by atoms with Crippen molar-refractivity contribution in [3.63, 3.8) is 0 Å². The number of oxazole rings is 1. The first-order valence-corrected chi connectivity index (χ1v) is 8.95. The third kappa shape index (κ3) is 3.75. The van der Waals surface area contributed by atoms with Crippen LogP contribution in [0, 0.1) is 0 Å². The number of H-pyrrole nitrogens is 1. The van der Waals surface area contributed by atoms with Crippen LogP contribution in [0.1, 0.15) is 5.89 Å². The number of nitrogens with zero attached hydrogens (tertiary/aromatic N) is 3. The second-order valence-electron chi connectivity index (χ2n) is 5.25. The van der Waals surface area contributed by atoms with Crippen LogP contribution in [-0.4, -0.2) is 20.2 Å². The molecule has 0 aliphatic rings. The van der Waals surface area contributed by atoms with Crippen molar-refractivity contribution in [2.24, 2.45) is 0 Å². The van der Waals surface area contributed by atoms with Gasteiger partial charge in [-0.15, -0.1) is 5.10 Å². The SMILES string of the molecule is Clc1ccc(-c2cnc(CSc3n[nH]c(-c4ccccc4)n3)o2)cc1. The lowest BCUT2D eigenvalue weighted by Gasteiger charge is -1.96. The van der Waals surface area contributed by atoms with E-state index in [4.69, 9.17) is 16.0 Å². The molecule has 2 aromatic heterocycles. The first-order chi connectivity index (χ1) is 12.3. The largest absolute Gasteiger partial charge is 0.440 e. The summed E-state index contributed by atoms with van der Waals surface area (Å²) in [4.78, 5) is 8.79. The smallest absolute Gasteiger partial charge is 0.209 e. The Kier molecular flexibility index (Phi) is 4.54. The molecule has 0 amide bonds. The lowest BCUT2D eigenvalue weighted by atomic mass is 10.2. The van der Waals surface area contributed by atoms with Gasteiger partial charge in [-0.05, 0) is 24.3 Å². The van der Waals surface area contributed by atoms with Gasteiger partial charge in [-0.1, -0.05) is 53.7 Å². The molecule has 0 radical (unpaired) electrons. The van der Waals surface area contributed by atoms with Crippen LogP contribution in [0.2, 0.25) is 5.02 Å². The van der Waals surface area contributed by atoms with Crippen LogP contribution in [0.15, 0.2) is 70.4 Å². The molecule has 0 aliphatic carbocycles. The molecule has 0 bridgehead atoms. The summed E-state index contributed by atoms with van der Waals surface area (Å²) in [5.41, 5.74) is 1.94. The summed E-state index contributed by atoms with van der Waals surface area (Å²) in [6, 6.07) is 17.3. The van der Waals surface area contributed by atoms with Gasteiger partial charge in [0.1, 0.15) is 0 Å². The predicted octanol–water partition coefficient (Wildman–Crippen LogP) is 5.07. The lowest BCUT2D eigenvalue weighted by molar-refractivity contribution is 0.530. The summed E-state index contributed by atoms with van der Waals surface area (Å²) >= 11 is 7.37. The highest BCUT2D eigenvalue weighted by Gasteiger charge is 2.10. The summed E-state index contributed by atoms with van der Waals surface area (Å²) in [6.07, 6.45) is 1.71. The normalized spacial score (nSPS) is 10.9. The van der Waals surface area contributed by atoms with Gasteiger partial charge in [0, 0.05) is 16.1 Å². The Morgan fingerprint density at radius 3 is 2.60 bits per heavy atom. The highest BCUT2D eigenvalue weighted by Crippen LogP contribution is 2.26. The topological polar surface area (TPSA) is 67.6 Å². The van der Waals surface area contributed by atoms with E-state index in [1.54, 1.807) is 6.20 Å². The van der Waals surface area contributed by atoms with Gasteiger partial charge in [0.2, 0.25) is 11.0 Å². The van der Waals surface area contributed by atoms with Crippen molar-refractivity contribution in [1.82, 2.24) is 20.2 Å². The van der Waals surface area contributed by atoms with E-state index in [0.29, 0.717) is 27.6 Å². The van der Waals surface area contributed by atoms with Gasteiger partial charge in [-0.2, -0.15) is 0 Å². The highest BCUT2D eigenvalue weighted by molar-refractivity contribution is 7.98. The first kappa shape index (κ1) is 15.9. The van der Waals surface area contributed by atoms with Gasteiger partial charge in [-0.3, -0.25) is 5.10 Å². The van der Waals surface area contributed by atoms with E-state index in [1.807, 2.05) is 54.6 Å². The fourth-order valence-corrected chi connectivity index (χ4v) is 3.07. The molecule has 25 heavy (non-hydrogen) atoms. The van der Waals surface area contributed by atoms with Crippen LogP contribution >= 0.6 is 23.4 Å². The van der Waals surface area contributed by atoms with Gasteiger partial charge in [0.05, 0.1) is 11.9 Å². The lowest BCUT2D eigenvalue weighted by Crippen LogP contribution is -1.81. The molecule has 1 N–H and O–H groups in total. The first-order valence-electron chi connectivity index (χ1n) is 7.59. The minimum absolute atomic E-state index is 0.555. The summed E-state index contributed by atoms with van der Waals surface area (Å²) in [6.45, 7) is 0. The molecule has 124 valence electrons. The molecule has 0 saturated carbocycles. The third-order valence-corrected chi connectivity index (χ3v) is 4.60. The molecule has 2 aromatic carbocycles. The molecule has 4 rings (SSSR count). The van der Waals surface area contributed by atoms with Crippen LogP contribution in [0.4, 0.5) is 0 Å². The number of aromatic nitrogens is 4. The van der Waals surface area contributed by atoms with E-state index >= 15 is 0 Å². The third-order valence-electron chi connectivity index (χ3n) is 3.52. The van der Waals surface area contributed by atoms with Crippen molar-refractivity contribution in [3.05, 3.63) is 71.7 Å². The molecule has 0 atom stereocenters. The highest BCUT2D eigenvalue weighted by atomic mass is 35.5. The van der Waals surface area contributed by atoms with Crippen molar-refractivity contribution in [3.8, 4) is 22.7 Å². The number of benzene rings is 2. The average molecular weight is 369 g/mol. The maximum Gasteiger partial charge on any atom is 0.209 e. The summed E-state index contributed by atoms with van der Waals surface area (Å²) in [5.74, 6) is 2.64. The number of rotatable bonds is 5. The molecule has 0 spiro atoms. The summed E-state index contributed by atoms with van der Waals surface area (Å²) in [7, 11) is 0. The predicted molar refractivity (Wildman–Crippen MR) is 98.3 cm³/mol. The minimum atomic E-state index is 0.555. The van der Waals surface area contributed by atoms with Gasteiger partial charge >= 0.3 is 0 Å². The molecule has 2 heterocycles. The second-order valence-corrected chi connectivity index (χ2v) is 6.63. The number of hydrogen-bond donors (Lipinski definition) is 1. The van der Waals surface area contributed by atoms with Crippen LogP contribution in [0.3, 0.4) is 0 Å². The van der Waals surface area contributed by atoms with Gasteiger partial charge < -0.3 is 4.42 Å². The molecule has 4 aromatic rings. The molecular weight excluding hydrogens is 356 g/mol. The number of halogens is 1. The van der Waals surface area contributed by atoms with Crippen LogP contribution in [-0.2, 0) is 5.75 Å². The summed E-state index contributed by atoms with van der Waals surface area (Å²) < 4.78 is 5.78. The Balaban J connectivity index is 1.42. The zero-order valence-corrected chi connectivity index (χ0v) is 14.6. The Labute approximate surface area is 153 Å². The van der Waals surface area contributed by atoms with E-state index in [2.05, 4.69) is 20.2 Å². The number of hydrogen-bond acceptors (Lipinski definition) is 5. The quantitative estimate of drug-likeness (QED) is 0.498. The zero-order valence-electron chi connectivity index (χ0n) is 13.0. The molecule has 0 fully saturated rings. The van der Waals surface area contributed by atoms with Gasteiger partial charge in [0.25, 0.3) is 0 Å². The summed E-state index contributed by atoms with van der Waals surface area (Å²) in [5, 5.41) is 8.52. The van der Waals surface area contributed by atoms with Crippen LogP contribution in [0.5, 0.6) is 0 Å². The monoisotopic (exact) mass is 368 g/mol. The fraction of sp³-hybridized carbons (Fsp3) is 0.0556. The van der Waals surface area contributed by atoms with Crippen LogP contribution in [0.25, 0.3) is 22.7 Å². The van der Waals surface area contributed by atoms with Gasteiger partial charge in [0.15, 0.2) is 11.6 Å². The Morgan fingerprint density at radius 2 is 1.80 bits per heavy atom. The standard InChI is InChI=1S/C18H13ClN4OS/c19-14-8-6-12(7-9-14)15-10-20-16(24-15)11-25-18-21-17(22-23-18)13-4-2-1-3-5-13/h1-10H,11H2,(H,21,22,23). The Morgan fingerprint density at radius 1 is 1.00 bits per heavy atom. The Hall–Kier alpha value is -2.57. The molecule has 0 unspecified atom stereocenters. The molecular formula is C18H13ClN4OS. The van der Waals surface area contributed by atoms with E-state index in [1.165, 1.54) is 11.8 Å². The van der Waals surface area contributed by atoms with E-state index in [0.717, 1.165) is 17.0 Å². The van der Waals surface area contributed by atoms with Crippen molar-refractivity contribution in [1.29, 1.82) is 0 Å². The van der Waals surface area contributed by atoms with Crippen molar-refractivity contribution < 1.29 is 4.42 Å². The zero-order chi connectivity index (χ0) is 17.1. The molecule has 7 heteroatoms. The van der Waals surface area contributed by atoms with E-state index in [-0.39, 0.29) is 0 Å². The number of thioether (sulfide) groups is 1. The van der Waals surface area contributed by atoms with Crippen molar-refractivity contribution in [2.45, 2.75) is 10.9 Å². The number of aromatic amines is 1. The van der Waals surface area contributed by atoms with Crippen LogP contribution < -0.4 is 0 Å². The van der Waals surface area contributed by atoms with Crippen molar-refractivity contribution in [2.75, 3.05) is 0 Å². The molecule has 0 aliphatic heterocycles. The van der Waals surface area contributed by atoms with Crippen molar-refractivity contribution >= 4 is 23.4 Å². The number of nitrogens with one attached hydrogen (secondary N) is 1. The van der Waals surface area contributed by atoms with E-state index in [9.17, 15) is 0 Å². The maximum atomic E-state index is 5.90. The molecule has 5 nitrogen and oxygen atoms in total. The molecule has 0 saturated heterocycles. The Bertz CT molecular complexity index is 966. The average Bonchev–Trinajstić information content (AvgIpc) is 3.31. The van der Waals surface area contributed by atoms with E-state index < -0.39 is 0 Å².